The van der Waals surface area contributed by atoms with Crippen molar-refractivity contribution in [1.29, 1.82) is 0 Å². The maximum Gasteiger partial charge on any atom is 0.410 e. The summed E-state index contributed by atoms with van der Waals surface area (Å²) in [5, 5.41) is 3.03. The number of nitrogens with one attached hydrogen (secondary N) is 1. The zero-order chi connectivity index (χ0) is 25.1. The zero-order valence-electron chi connectivity index (χ0n) is 21.3. The Labute approximate surface area is 202 Å². The summed E-state index contributed by atoms with van der Waals surface area (Å²) in [4.78, 5) is 42.0. The molecule has 3 atom stereocenters. The number of amides is 2. The van der Waals surface area contributed by atoms with E-state index in [1.165, 1.54) is 0 Å². The first kappa shape index (κ1) is 26.0. The van der Waals surface area contributed by atoms with E-state index in [0.717, 1.165) is 5.56 Å². The molecule has 188 valence electrons. The smallest absolute Gasteiger partial charge is 0.410 e. The van der Waals surface area contributed by atoms with E-state index in [0.29, 0.717) is 32.5 Å². The summed E-state index contributed by atoms with van der Waals surface area (Å²) >= 11 is 0. The molecule has 8 nitrogen and oxygen atoms in total. The van der Waals surface area contributed by atoms with Gasteiger partial charge in [0, 0.05) is 31.7 Å². The lowest BCUT2D eigenvalue weighted by atomic mass is 9.96. The van der Waals surface area contributed by atoms with Gasteiger partial charge in [0.1, 0.15) is 17.7 Å². The molecule has 0 aliphatic carbocycles. The molecule has 34 heavy (non-hydrogen) atoms. The Kier molecular flexibility index (Phi) is 7.91. The summed E-state index contributed by atoms with van der Waals surface area (Å²) in [6, 6.07) is 9.38. The van der Waals surface area contributed by atoms with Gasteiger partial charge >= 0.3 is 12.1 Å². The van der Waals surface area contributed by atoms with Crippen molar-refractivity contribution in [3.63, 3.8) is 0 Å². The first-order chi connectivity index (χ1) is 15.8. The third-order valence-electron chi connectivity index (χ3n) is 5.87. The van der Waals surface area contributed by atoms with Crippen LogP contribution in [0.15, 0.2) is 30.3 Å². The van der Waals surface area contributed by atoms with E-state index < -0.39 is 23.3 Å². The second kappa shape index (κ2) is 10.3. The maximum absolute atomic E-state index is 13.2. The van der Waals surface area contributed by atoms with Crippen molar-refractivity contribution >= 4 is 18.0 Å². The standard InChI is InChI=1S/C26H39N3O5/c1-25(2,3)27-22(30)21-17-29(24(32)34-26(4,5)6)13-12-28(21)16-20-15-19(23(31)33-20)14-18-10-8-7-9-11-18/h7-11,19-21H,12-17H2,1-6H3,(H,27,30)/t19-,20+,21+/m1/s1. The van der Waals surface area contributed by atoms with Crippen LogP contribution < -0.4 is 5.32 Å². The predicted molar refractivity (Wildman–Crippen MR) is 129 cm³/mol. The van der Waals surface area contributed by atoms with Crippen LogP contribution in [0.2, 0.25) is 0 Å². The van der Waals surface area contributed by atoms with E-state index in [4.69, 9.17) is 9.47 Å². The molecule has 2 aliphatic rings. The van der Waals surface area contributed by atoms with Gasteiger partial charge in [-0.05, 0) is 59.9 Å². The largest absolute Gasteiger partial charge is 0.461 e. The first-order valence-electron chi connectivity index (χ1n) is 12.1. The number of nitrogens with zero attached hydrogens (tertiary/aromatic N) is 2. The van der Waals surface area contributed by atoms with Gasteiger partial charge in [0.25, 0.3) is 0 Å². The highest BCUT2D eigenvalue weighted by Gasteiger charge is 2.41. The van der Waals surface area contributed by atoms with Gasteiger partial charge in [0.15, 0.2) is 0 Å². The van der Waals surface area contributed by atoms with E-state index in [9.17, 15) is 14.4 Å². The number of piperazine rings is 1. The average Bonchev–Trinajstić information content (AvgIpc) is 3.05. The zero-order valence-corrected chi connectivity index (χ0v) is 21.3. The molecule has 1 N–H and O–H groups in total. The van der Waals surface area contributed by atoms with Crippen molar-refractivity contribution in [2.24, 2.45) is 5.92 Å². The second-order valence-corrected chi connectivity index (χ2v) is 11.4. The van der Waals surface area contributed by atoms with Crippen LogP contribution in [0.1, 0.15) is 53.5 Å². The van der Waals surface area contributed by atoms with Crippen LogP contribution in [-0.4, -0.2) is 77.2 Å². The third-order valence-corrected chi connectivity index (χ3v) is 5.87. The van der Waals surface area contributed by atoms with Crippen molar-refractivity contribution in [2.45, 2.75) is 77.7 Å². The minimum Gasteiger partial charge on any atom is -0.461 e. The van der Waals surface area contributed by atoms with Gasteiger partial charge in [0.2, 0.25) is 5.91 Å². The molecule has 0 saturated carbocycles. The topological polar surface area (TPSA) is 88.2 Å². The number of ether oxygens (including phenoxy) is 2. The van der Waals surface area contributed by atoms with Gasteiger partial charge in [-0.25, -0.2) is 4.79 Å². The number of carbonyl (C=O) groups excluding carboxylic acids is 3. The highest BCUT2D eigenvalue weighted by molar-refractivity contribution is 5.83. The van der Waals surface area contributed by atoms with Crippen LogP contribution in [0, 0.1) is 5.92 Å². The Balaban J connectivity index is 1.67. The predicted octanol–water partition coefficient (Wildman–Crippen LogP) is 3.00. The molecule has 0 aromatic heterocycles. The lowest BCUT2D eigenvalue weighted by molar-refractivity contribution is -0.145. The van der Waals surface area contributed by atoms with Gasteiger partial charge < -0.3 is 19.7 Å². The maximum atomic E-state index is 13.2. The average molecular weight is 474 g/mol. The van der Waals surface area contributed by atoms with Crippen LogP contribution >= 0.6 is 0 Å². The van der Waals surface area contributed by atoms with Crippen molar-refractivity contribution in [3.8, 4) is 0 Å². The molecule has 2 fully saturated rings. The van der Waals surface area contributed by atoms with E-state index in [1.54, 1.807) is 4.90 Å². The summed E-state index contributed by atoms with van der Waals surface area (Å²) in [5.41, 5.74) is 0.0966. The van der Waals surface area contributed by atoms with Crippen molar-refractivity contribution in [3.05, 3.63) is 35.9 Å². The SMILES string of the molecule is CC(C)(C)NC(=O)[C@@H]1CN(C(=O)OC(C)(C)C)CCN1C[C@@H]1C[C@@H](Cc2ccccc2)C(=O)O1. The summed E-state index contributed by atoms with van der Waals surface area (Å²) in [5.74, 6) is -0.514. The molecule has 3 rings (SSSR count). The quantitative estimate of drug-likeness (QED) is 0.662. The van der Waals surface area contributed by atoms with Crippen LogP contribution in [0.3, 0.4) is 0 Å². The van der Waals surface area contributed by atoms with Gasteiger partial charge in [-0.15, -0.1) is 0 Å². The lowest BCUT2D eigenvalue weighted by Crippen LogP contribution is -2.63. The van der Waals surface area contributed by atoms with E-state index in [2.05, 4.69) is 5.32 Å². The summed E-state index contributed by atoms with van der Waals surface area (Å²) < 4.78 is 11.2. The molecule has 2 heterocycles. The fraction of sp³-hybridized carbons (Fsp3) is 0.654. The molecule has 0 bridgehead atoms. The lowest BCUT2D eigenvalue weighted by Gasteiger charge is -2.42. The molecule has 8 heteroatoms. The molecule has 0 spiro atoms. The van der Waals surface area contributed by atoms with Gasteiger partial charge in [0.05, 0.1) is 5.92 Å². The molecular weight excluding hydrogens is 434 g/mol. The number of hydrogen-bond donors (Lipinski definition) is 1. The Morgan fingerprint density at radius 2 is 1.76 bits per heavy atom. The van der Waals surface area contributed by atoms with Crippen LogP contribution in [-0.2, 0) is 25.5 Å². The second-order valence-electron chi connectivity index (χ2n) is 11.4. The normalized spacial score (nSPS) is 24.0. The van der Waals surface area contributed by atoms with E-state index in [-0.39, 0.29) is 30.4 Å². The minimum atomic E-state index is -0.608. The Bertz CT molecular complexity index is 875. The number of cyclic esters (lactones) is 1. The number of esters is 1. The molecule has 2 amide bonds. The fourth-order valence-corrected chi connectivity index (χ4v) is 4.39. The van der Waals surface area contributed by atoms with Crippen LogP contribution in [0.4, 0.5) is 4.79 Å². The number of benzene rings is 1. The molecular formula is C26H39N3O5. The molecule has 0 radical (unpaired) electrons. The highest BCUT2D eigenvalue weighted by Crippen LogP contribution is 2.27. The molecule has 1 aromatic carbocycles. The van der Waals surface area contributed by atoms with Crippen LogP contribution in [0.5, 0.6) is 0 Å². The minimum absolute atomic E-state index is 0.147. The molecule has 2 saturated heterocycles. The summed E-state index contributed by atoms with van der Waals surface area (Å²) in [6.45, 7) is 12.9. The molecule has 1 aromatic rings. The number of rotatable bonds is 5. The van der Waals surface area contributed by atoms with Crippen molar-refractivity contribution in [1.82, 2.24) is 15.1 Å². The van der Waals surface area contributed by atoms with Gasteiger partial charge in [-0.3, -0.25) is 14.5 Å². The number of carbonyl (C=O) groups is 3. The summed E-state index contributed by atoms with van der Waals surface area (Å²) in [6.07, 6.45) is 0.569. The Hall–Kier alpha value is -2.61. The van der Waals surface area contributed by atoms with E-state index in [1.807, 2.05) is 76.8 Å². The van der Waals surface area contributed by atoms with E-state index >= 15 is 0 Å². The highest BCUT2D eigenvalue weighted by atomic mass is 16.6. The Morgan fingerprint density at radius 3 is 2.38 bits per heavy atom. The fourth-order valence-electron chi connectivity index (χ4n) is 4.39. The van der Waals surface area contributed by atoms with Crippen molar-refractivity contribution < 1.29 is 23.9 Å². The molecule has 0 unspecified atom stereocenters. The Morgan fingerprint density at radius 1 is 1.09 bits per heavy atom. The van der Waals surface area contributed by atoms with Gasteiger partial charge in [-0.1, -0.05) is 30.3 Å². The van der Waals surface area contributed by atoms with Crippen molar-refractivity contribution in [2.75, 3.05) is 26.2 Å². The first-order valence-corrected chi connectivity index (χ1v) is 12.1. The third kappa shape index (κ3) is 7.45. The summed E-state index contributed by atoms with van der Waals surface area (Å²) in [7, 11) is 0. The molecule has 2 aliphatic heterocycles. The number of hydrogen-bond acceptors (Lipinski definition) is 6. The van der Waals surface area contributed by atoms with Crippen LogP contribution in [0.25, 0.3) is 0 Å². The monoisotopic (exact) mass is 473 g/mol. The van der Waals surface area contributed by atoms with Gasteiger partial charge in [-0.2, -0.15) is 0 Å².